The number of benzene rings is 13. The first-order valence-electron chi connectivity index (χ1n) is 32.9. The van der Waals surface area contributed by atoms with E-state index >= 15 is 0 Å². The van der Waals surface area contributed by atoms with Crippen molar-refractivity contribution in [3.05, 3.63) is 326 Å². The van der Waals surface area contributed by atoms with E-state index in [1.807, 2.05) is 42.6 Å². The van der Waals surface area contributed by atoms with Gasteiger partial charge in [-0.1, -0.05) is 240 Å². The van der Waals surface area contributed by atoms with Gasteiger partial charge in [-0.15, -0.1) is 0 Å². The zero-order chi connectivity index (χ0) is 63.3. The average molecular weight is 1220 g/mol. The molecule has 0 spiro atoms. The third-order valence-corrected chi connectivity index (χ3v) is 20.7. The number of para-hydroxylation sites is 3. The van der Waals surface area contributed by atoms with Gasteiger partial charge in [-0.25, -0.2) is 15.0 Å². The van der Waals surface area contributed by atoms with E-state index in [2.05, 4.69) is 302 Å². The van der Waals surface area contributed by atoms with Crippen LogP contribution in [0.3, 0.4) is 0 Å². The summed E-state index contributed by atoms with van der Waals surface area (Å²) in [6, 6.07) is 107. The molecule has 2 aliphatic rings. The van der Waals surface area contributed by atoms with Gasteiger partial charge < -0.3 is 9.13 Å². The van der Waals surface area contributed by atoms with Gasteiger partial charge in [-0.05, 0) is 151 Å². The fourth-order valence-corrected chi connectivity index (χ4v) is 16.3. The lowest BCUT2D eigenvalue weighted by molar-refractivity contribution is 0.661. The summed E-state index contributed by atoms with van der Waals surface area (Å²) >= 11 is 0. The molecule has 0 unspecified atom stereocenters. The first-order valence-corrected chi connectivity index (χ1v) is 32.9. The molecule has 6 heteroatoms. The molecule has 18 aromatic rings. The lowest BCUT2D eigenvalue weighted by atomic mass is 9.80. The molecule has 0 N–H and O–H groups in total. The largest absolute Gasteiger partial charge is 0.309 e. The van der Waals surface area contributed by atoms with Gasteiger partial charge in [-0.3, -0.25) is 4.57 Å². The minimum atomic E-state index is -0.150. The van der Waals surface area contributed by atoms with Crippen molar-refractivity contribution < 1.29 is 0 Å². The molecule has 0 radical (unpaired) electrons. The molecule has 5 aromatic heterocycles. The lowest BCUT2D eigenvalue weighted by Gasteiger charge is -2.24. The molecule has 0 bridgehead atoms. The van der Waals surface area contributed by atoms with E-state index in [-0.39, 0.29) is 10.8 Å². The van der Waals surface area contributed by atoms with Gasteiger partial charge in [0, 0.05) is 77.4 Å². The molecule has 0 fully saturated rings. The second-order valence-electron chi connectivity index (χ2n) is 26.7. The Hall–Kier alpha value is -12.0. The number of aromatic nitrogens is 6. The van der Waals surface area contributed by atoms with E-state index in [4.69, 9.17) is 15.0 Å². The van der Waals surface area contributed by atoms with E-state index in [1.54, 1.807) is 0 Å². The van der Waals surface area contributed by atoms with Crippen LogP contribution >= 0.6 is 0 Å². The van der Waals surface area contributed by atoms with Crippen LogP contribution in [-0.4, -0.2) is 28.7 Å². The molecule has 13 aromatic carbocycles. The molecule has 0 atom stereocenters. The van der Waals surface area contributed by atoms with Crippen molar-refractivity contribution in [2.24, 2.45) is 0 Å². The molecule has 20 rings (SSSR count). The monoisotopic (exact) mass is 1210 g/mol. The highest BCUT2D eigenvalue weighted by molar-refractivity contribution is 6.27. The Balaban J connectivity index is 0.000000135. The fourth-order valence-electron chi connectivity index (χ4n) is 16.3. The molecule has 0 saturated heterocycles. The maximum absolute atomic E-state index is 5.13. The summed E-state index contributed by atoms with van der Waals surface area (Å²) in [5.41, 5.74) is 25.0. The highest BCUT2D eigenvalue weighted by atomic mass is 15.1. The lowest BCUT2D eigenvalue weighted by Crippen LogP contribution is -2.16. The van der Waals surface area contributed by atoms with Crippen LogP contribution in [0.5, 0.6) is 0 Å². The second kappa shape index (κ2) is 20.8. The van der Waals surface area contributed by atoms with E-state index in [0.29, 0.717) is 5.82 Å². The minimum Gasteiger partial charge on any atom is -0.309 e. The third kappa shape index (κ3) is 8.20. The Morgan fingerprint density at radius 1 is 0.305 bits per heavy atom. The molecule has 5 heterocycles. The van der Waals surface area contributed by atoms with Crippen molar-refractivity contribution >= 4 is 87.0 Å². The van der Waals surface area contributed by atoms with Crippen LogP contribution in [0.4, 0.5) is 0 Å². The van der Waals surface area contributed by atoms with Crippen LogP contribution in [-0.2, 0) is 10.8 Å². The van der Waals surface area contributed by atoms with Crippen LogP contribution in [0.1, 0.15) is 49.9 Å². The zero-order valence-corrected chi connectivity index (χ0v) is 53.1. The van der Waals surface area contributed by atoms with Gasteiger partial charge in [0.15, 0.2) is 5.82 Å². The number of fused-ring (bicyclic) bond motifs is 20. The normalized spacial score (nSPS) is 13.4. The van der Waals surface area contributed by atoms with Crippen molar-refractivity contribution in [2.75, 3.05) is 0 Å². The van der Waals surface area contributed by atoms with Gasteiger partial charge in [0.1, 0.15) is 5.82 Å². The smallest absolute Gasteiger partial charge is 0.161 e. The number of hydrogen-bond acceptors (Lipinski definition) is 3. The van der Waals surface area contributed by atoms with E-state index in [9.17, 15) is 0 Å². The number of rotatable bonds is 6. The molecule has 0 saturated carbocycles. The standard InChI is InChI=1S/C46H32N4.C43H30N2/c1-46(2)38-20-12-11-19-34(38)35-26-43-37(25-39(35)46)36-23-31-17-9-10-18-32(31)24-42(36)50(43)44-22-21-33(28-47-44)45-48-40(29-13-5-3-6-14-29)27-41(49-45)30-15-7-4-8-16-30;1-43(2)35-19-9-5-17-33(35)39-31-15-3-4-16-32(31)40-34-18-8-12-22-38(34)45(42(40)41(39)43)28-25-23-27(24-26-28)44-36-20-10-6-13-29(36)30-14-7-11-21-37(30)44/h3-28H,1-2H3;3-26H,1-2H3. The van der Waals surface area contributed by atoms with Crippen LogP contribution in [0.2, 0.25) is 0 Å². The summed E-state index contributed by atoms with van der Waals surface area (Å²) in [6.07, 6.45) is 1.92. The Labute approximate surface area is 549 Å². The quantitative estimate of drug-likeness (QED) is 0.167. The molecule has 6 nitrogen and oxygen atoms in total. The number of hydrogen-bond donors (Lipinski definition) is 0. The summed E-state index contributed by atoms with van der Waals surface area (Å²) in [5, 5.41) is 12.8. The topological polar surface area (TPSA) is 53.5 Å². The maximum atomic E-state index is 5.13. The van der Waals surface area contributed by atoms with Gasteiger partial charge in [0.2, 0.25) is 0 Å². The number of nitrogens with zero attached hydrogens (tertiary/aromatic N) is 6. The predicted molar refractivity (Wildman–Crippen MR) is 396 cm³/mol. The van der Waals surface area contributed by atoms with E-state index in [0.717, 1.165) is 44.9 Å². The van der Waals surface area contributed by atoms with Crippen molar-refractivity contribution in [1.82, 2.24) is 28.7 Å². The Bertz CT molecular complexity index is 6070. The molecule has 0 aliphatic heterocycles. The van der Waals surface area contributed by atoms with E-state index in [1.165, 1.54) is 132 Å². The maximum Gasteiger partial charge on any atom is 0.161 e. The SMILES string of the molecule is CC1(C)c2ccccc2-c2c1c1c(c3ccccc23)c2ccccc2n1-c1ccc(-n2c3ccccc3c3ccccc32)cc1.CC1(C)c2ccccc2-c2cc3c(cc21)c1cc2ccccc2cc1n3-c1ccc(-c2nc(-c3ccccc3)cc(-c3ccccc3)n2)cn1. The fraction of sp³-hybridized carbons (Fsp3) is 0.0674. The first-order chi connectivity index (χ1) is 46.7. The van der Waals surface area contributed by atoms with E-state index < -0.39 is 0 Å². The van der Waals surface area contributed by atoms with Crippen LogP contribution < -0.4 is 0 Å². The number of pyridine rings is 1. The van der Waals surface area contributed by atoms with Gasteiger partial charge >= 0.3 is 0 Å². The summed E-state index contributed by atoms with van der Waals surface area (Å²) in [4.78, 5) is 15.2. The summed E-state index contributed by atoms with van der Waals surface area (Å²) < 4.78 is 7.25. The summed E-state index contributed by atoms with van der Waals surface area (Å²) in [6.45, 7) is 9.49. The average Bonchev–Trinajstić information content (AvgIpc) is 1.54. The predicted octanol–water partition coefficient (Wildman–Crippen LogP) is 22.8. The highest BCUT2D eigenvalue weighted by Crippen LogP contribution is 2.57. The highest BCUT2D eigenvalue weighted by Gasteiger charge is 2.41. The van der Waals surface area contributed by atoms with Crippen LogP contribution in [0.25, 0.3) is 160 Å². The minimum absolute atomic E-state index is 0.0851. The molecular formula is C89H62N6. The molecule has 2 aliphatic carbocycles. The van der Waals surface area contributed by atoms with Gasteiger partial charge in [0.05, 0.1) is 44.5 Å². The van der Waals surface area contributed by atoms with Gasteiger partial charge in [0.25, 0.3) is 0 Å². The summed E-state index contributed by atoms with van der Waals surface area (Å²) in [7, 11) is 0. The van der Waals surface area contributed by atoms with Gasteiger partial charge in [-0.2, -0.15) is 0 Å². The second-order valence-corrected chi connectivity index (χ2v) is 26.7. The molecule has 95 heavy (non-hydrogen) atoms. The van der Waals surface area contributed by atoms with Crippen molar-refractivity contribution in [1.29, 1.82) is 0 Å². The van der Waals surface area contributed by atoms with Crippen molar-refractivity contribution in [2.45, 2.75) is 38.5 Å². The Kier molecular flexibility index (Phi) is 12.0. The van der Waals surface area contributed by atoms with Crippen molar-refractivity contribution in [3.63, 3.8) is 0 Å². The third-order valence-electron chi connectivity index (χ3n) is 20.7. The first kappa shape index (κ1) is 54.7. The Morgan fingerprint density at radius 2 is 0.800 bits per heavy atom. The van der Waals surface area contributed by atoms with Crippen LogP contribution in [0, 0.1) is 0 Å². The summed E-state index contributed by atoms with van der Waals surface area (Å²) in [5.74, 6) is 1.51. The molecular weight excluding hydrogens is 1150 g/mol. The Morgan fingerprint density at radius 3 is 1.43 bits per heavy atom. The van der Waals surface area contributed by atoms with Crippen LogP contribution in [0.15, 0.2) is 303 Å². The van der Waals surface area contributed by atoms with Crippen molar-refractivity contribution in [3.8, 4) is 73.3 Å². The zero-order valence-electron chi connectivity index (χ0n) is 53.1. The molecule has 0 amide bonds. The molecule has 448 valence electrons.